The number of nitriles is 2. The maximum absolute atomic E-state index is 9.77. The van der Waals surface area contributed by atoms with Crippen LogP contribution in [0.25, 0.3) is 11.1 Å². The summed E-state index contributed by atoms with van der Waals surface area (Å²) < 4.78 is 21.8. The van der Waals surface area contributed by atoms with Crippen LogP contribution >= 0.6 is 0 Å². The van der Waals surface area contributed by atoms with Crippen molar-refractivity contribution < 1.29 is 18.9 Å². The molecule has 1 aromatic heterocycles. The molecule has 2 saturated heterocycles. The minimum Gasteiger partial charge on any atom is -0.486 e. The molecule has 3 heterocycles. The van der Waals surface area contributed by atoms with Gasteiger partial charge in [-0.15, -0.1) is 0 Å². The molecule has 4 rings (SSSR count). The summed E-state index contributed by atoms with van der Waals surface area (Å²) in [6, 6.07) is 11.4. The zero-order valence-electron chi connectivity index (χ0n) is 15.8. The number of ether oxygens (including phenoxy) is 4. The number of anilines is 1. The predicted octanol–water partition coefficient (Wildman–Crippen LogP) is 2.27. The van der Waals surface area contributed by atoms with Gasteiger partial charge in [-0.05, 0) is 24.1 Å². The van der Waals surface area contributed by atoms with Crippen molar-refractivity contribution in [3.8, 4) is 34.9 Å². The average Bonchev–Trinajstić information content (AvgIpc) is 2.66. The molecular weight excluding hydrogens is 372 g/mol. The number of nitrogens with two attached hydrogens (primary N) is 1. The summed E-state index contributed by atoms with van der Waals surface area (Å²) >= 11 is 0. The Morgan fingerprint density at radius 1 is 1.03 bits per heavy atom. The van der Waals surface area contributed by atoms with E-state index in [1.54, 1.807) is 24.3 Å². The molecule has 0 atom stereocenters. The van der Waals surface area contributed by atoms with Gasteiger partial charge in [0.1, 0.15) is 40.9 Å². The average molecular weight is 392 g/mol. The predicted molar refractivity (Wildman–Crippen MR) is 103 cm³/mol. The summed E-state index contributed by atoms with van der Waals surface area (Å²) in [4.78, 5) is 4.16. The summed E-state index contributed by atoms with van der Waals surface area (Å²) in [5.41, 5.74) is 7.44. The number of nitrogen functional groups attached to an aromatic ring is 1. The van der Waals surface area contributed by atoms with Gasteiger partial charge in [0.05, 0.1) is 33.0 Å². The SMILES string of the molecule is N#Cc1c(N)nc(OCCC2COC2)c(C#N)c1-c1ccc(OC2COC2)cc1. The highest BCUT2D eigenvalue weighted by molar-refractivity contribution is 5.82. The number of aromatic nitrogens is 1. The first-order valence-corrected chi connectivity index (χ1v) is 9.38. The van der Waals surface area contributed by atoms with E-state index >= 15 is 0 Å². The Hall–Kier alpha value is -3.33. The van der Waals surface area contributed by atoms with E-state index in [0.717, 1.165) is 19.6 Å². The maximum atomic E-state index is 9.77. The molecule has 8 nitrogen and oxygen atoms in total. The first-order valence-electron chi connectivity index (χ1n) is 9.38. The van der Waals surface area contributed by atoms with E-state index < -0.39 is 0 Å². The molecule has 0 aliphatic carbocycles. The molecule has 2 N–H and O–H groups in total. The number of rotatable bonds is 7. The van der Waals surface area contributed by atoms with Gasteiger partial charge in [-0.1, -0.05) is 12.1 Å². The highest BCUT2D eigenvalue weighted by atomic mass is 16.6. The molecule has 2 aliphatic heterocycles. The van der Waals surface area contributed by atoms with Crippen LogP contribution in [0.1, 0.15) is 17.5 Å². The lowest BCUT2D eigenvalue weighted by Crippen LogP contribution is -2.38. The molecule has 2 aromatic rings. The van der Waals surface area contributed by atoms with E-state index in [1.165, 1.54) is 0 Å². The zero-order valence-corrected chi connectivity index (χ0v) is 15.8. The second-order valence-electron chi connectivity index (χ2n) is 6.99. The fourth-order valence-corrected chi connectivity index (χ4v) is 3.14. The molecule has 0 amide bonds. The Kier molecular flexibility index (Phi) is 5.48. The molecule has 8 heteroatoms. The monoisotopic (exact) mass is 392 g/mol. The molecule has 1 aromatic carbocycles. The molecule has 148 valence electrons. The van der Waals surface area contributed by atoms with Crippen LogP contribution in [0.2, 0.25) is 0 Å². The van der Waals surface area contributed by atoms with Gasteiger partial charge >= 0.3 is 0 Å². The van der Waals surface area contributed by atoms with Crippen molar-refractivity contribution in [1.82, 2.24) is 4.98 Å². The van der Waals surface area contributed by atoms with Crippen LogP contribution in [0.15, 0.2) is 24.3 Å². The number of pyridine rings is 1. The molecule has 2 fully saturated rings. The fourth-order valence-electron chi connectivity index (χ4n) is 3.14. The lowest BCUT2D eigenvalue weighted by molar-refractivity contribution is -0.0796. The van der Waals surface area contributed by atoms with Crippen LogP contribution < -0.4 is 15.2 Å². The van der Waals surface area contributed by atoms with Crippen molar-refractivity contribution in [2.24, 2.45) is 5.92 Å². The van der Waals surface area contributed by atoms with Gasteiger partial charge < -0.3 is 24.7 Å². The lowest BCUT2D eigenvalue weighted by Gasteiger charge is -2.26. The molecule has 0 radical (unpaired) electrons. The second-order valence-corrected chi connectivity index (χ2v) is 6.99. The van der Waals surface area contributed by atoms with Crippen LogP contribution in [-0.2, 0) is 9.47 Å². The summed E-state index contributed by atoms with van der Waals surface area (Å²) in [6.45, 7) is 3.01. The molecule has 29 heavy (non-hydrogen) atoms. The Bertz CT molecular complexity index is 970. The van der Waals surface area contributed by atoms with Crippen molar-refractivity contribution in [1.29, 1.82) is 10.5 Å². The van der Waals surface area contributed by atoms with Crippen LogP contribution in [0.3, 0.4) is 0 Å². The number of hydrogen-bond acceptors (Lipinski definition) is 8. The second kappa shape index (κ2) is 8.36. The van der Waals surface area contributed by atoms with Crippen molar-refractivity contribution in [3.63, 3.8) is 0 Å². The molecule has 0 spiro atoms. The standard InChI is InChI=1S/C21H20N4O4/c22-7-17-19(14-1-3-15(4-2-14)29-16-11-27-12-16)18(8-23)21(25-20(17)24)28-6-5-13-9-26-10-13/h1-4,13,16H,5-6,9-12H2,(H2,24,25). The van der Waals surface area contributed by atoms with Crippen LogP contribution in [0.4, 0.5) is 5.82 Å². The van der Waals surface area contributed by atoms with Gasteiger partial charge in [0.2, 0.25) is 5.88 Å². The van der Waals surface area contributed by atoms with Gasteiger partial charge in [-0.2, -0.15) is 15.5 Å². The Labute approximate surface area is 168 Å². The van der Waals surface area contributed by atoms with Crippen molar-refractivity contribution >= 4 is 5.82 Å². The molecule has 2 aliphatic rings. The van der Waals surface area contributed by atoms with E-state index in [-0.39, 0.29) is 28.9 Å². The third-order valence-electron chi connectivity index (χ3n) is 4.94. The smallest absolute Gasteiger partial charge is 0.234 e. The van der Waals surface area contributed by atoms with Crippen molar-refractivity contribution in [2.75, 3.05) is 38.8 Å². The zero-order chi connectivity index (χ0) is 20.2. The van der Waals surface area contributed by atoms with Gasteiger partial charge in [-0.25, -0.2) is 0 Å². The van der Waals surface area contributed by atoms with Gasteiger partial charge in [-0.3, -0.25) is 0 Å². The van der Waals surface area contributed by atoms with Crippen LogP contribution in [0, 0.1) is 28.6 Å². The lowest BCUT2D eigenvalue weighted by atomic mass is 9.96. The quantitative estimate of drug-likeness (QED) is 0.761. The Morgan fingerprint density at radius 2 is 1.72 bits per heavy atom. The third kappa shape index (κ3) is 3.95. The first-order chi connectivity index (χ1) is 14.2. The third-order valence-corrected chi connectivity index (χ3v) is 4.94. The van der Waals surface area contributed by atoms with Gasteiger partial charge in [0.15, 0.2) is 0 Å². The molecule has 0 bridgehead atoms. The highest BCUT2D eigenvalue weighted by Gasteiger charge is 2.23. The molecule has 0 unspecified atom stereocenters. The normalized spacial score (nSPS) is 16.2. The largest absolute Gasteiger partial charge is 0.486 e. The van der Waals surface area contributed by atoms with Crippen LogP contribution in [-0.4, -0.2) is 44.1 Å². The van der Waals surface area contributed by atoms with Crippen molar-refractivity contribution in [2.45, 2.75) is 12.5 Å². The number of nitrogens with zero attached hydrogens (tertiary/aromatic N) is 3. The van der Waals surface area contributed by atoms with Gasteiger partial charge in [0.25, 0.3) is 0 Å². The molecular formula is C21H20N4O4. The summed E-state index contributed by atoms with van der Waals surface area (Å²) in [5.74, 6) is 1.34. The Balaban J connectivity index is 1.62. The number of benzene rings is 1. The van der Waals surface area contributed by atoms with E-state index in [9.17, 15) is 10.5 Å². The van der Waals surface area contributed by atoms with E-state index in [4.69, 9.17) is 24.7 Å². The van der Waals surface area contributed by atoms with Crippen LogP contribution in [0.5, 0.6) is 11.6 Å². The first kappa shape index (κ1) is 19.0. The minimum absolute atomic E-state index is 0.0374. The summed E-state index contributed by atoms with van der Waals surface area (Å²) in [7, 11) is 0. The summed E-state index contributed by atoms with van der Waals surface area (Å²) in [5, 5.41) is 19.4. The number of hydrogen-bond donors (Lipinski definition) is 1. The Morgan fingerprint density at radius 3 is 2.28 bits per heavy atom. The summed E-state index contributed by atoms with van der Waals surface area (Å²) in [6.07, 6.45) is 0.862. The fraction of sp³-hybridized carbons (Fsp3) is 0.381. The van der Waals surface area contributed by atoms with E-state index in [1.807, 2.05) is 0 Å². The maximum Gasteiger partial charge on any atom is 0.234 e. The highest BCUT2D eigenvalue weighted by Crippen LogP contribution is 2.36. The molecule has 0 saturated carbocycles. The van der Waals surface area contributed by atoms with Crippen molar-refractivity contribution in [3.05, 3.63) is 35.4 Å². The minimum atomic E-state index is 0.0374. The van der Waals surface area contributed by atoms with E-state index in [0.29, 0.717) is 42.6 Å². The van der Waals surface area contributed by atoms with E-state index in [2.05, 4.69) is 17.1 Å². The topological polar surface area (TPSA) is 123 Å². The van der Waals surface area contributed by atoms with Gasteiger partial charge in [0, 0.05) is 11.5 Å².